The molecule has 0 aromatic heterocycles. The van der Waals surface area contributed by atoms with Gasteiger partial charge in [-0.2, -0.15) is 0 Å². The van der Waals surface area contributed by atoms with Crippen molar-refractivity contribution in [1.82, 2.24) is 4.72 Å². The van der Waals surface area contributed by atoms with Gasteiger partial charge in [-0.25, -0.2) is 13.1 Å². The Bertz CT molecular complexity index is 863. The number of hydrogen-bond donors (Lipinski definition) is 1. The van der Waals surface area contributed by atoms with Crippen LogP contribution in [0.15, 0.2) is 53.4 Å². The van der Waals surface area contributed by atoms with Gasteiger partial charge in [0.1, 0.15) is 13.2 Å². The Balaban J connectivity index is 1.44. The van der Waals surface area contributed by atoms with Gasteiger partial charge in [0.25, 0.3) is 0 Å². The molecule has 26 heavy (non-hydrogen) atoms. The van der Waals surface area contributed by atoms with Crippen LogP contribution in [-0.4, -0.2) is 28.2 Å². The van der Waals surface area contributed by atoms with Crippen molar-refractivity contribution in [2.75, 3.05) is 19.8 Å². The third-order valence-corrected chi connectivity index (χ3v) is 6.46. The molecule has 1 unspecified atom stereocenters. The lowest BCUT2D eigenvalue weighted by atomic mass is 9.91. The third kappa shape index (κ3) is 3.86. The monoisotopic (exact) mass is 373 g/mol. The summed E-state index contributed by atoms with van der Waals surface area (Å²) in [6, 6.07) is 14.6. The minimum atomic E-state index is -3.45. The second-order valence-corrected chi connectivity index (χ2v) is 8.61. The van der Waals surface area contributed by atoms with Gasteiger partial charge in [0.05, 0.1) is 4.90 Å². The number of sulfonamides is 1. The van der Waals surface area contributed by atoms with Crippen molar-refractivity contribution >= 4 is 10.0 Å². The Hall–Kier alpha value is -2.05. The Morgan fingerprint density at radius 3 is 2.46 bits per heavy atom. The van der Waals surface area contributed by atoms with Crippen molar-refractivity contribution in [3.8, 4) is 11.5 Å². The van der Waals surface area contributed by atoms with Crippen molar-refractivity contribution in [3.63, 3.8) is 0 Å². The molecule has 1 aliphatic heterocycles. The molecule has 2 aliphatic rings. The highest BCUT2D eigenvalue weighted by Crippen LogP contribution is 2.46. The van der Waals surface area contributed by atoms with Gasteiger partial charge in [0.2, 0.25) is 10.0 Å². The van der Waals surface area contributed by atoms with Crippen LogP contribution in [0.1, 0.15) is 30.7 Å². The minimum absolute atomic E-state index is 0.308. The predicted octanol–water partition coefficient (Wildman–Crippen LogP) is 3.32. The molecule has 1 aliphatic carbocycles. The molecule has 0 saturated heterocycles. The zero-order valence-corrected chi connectivity index (χ0v) is 15.4. The summed E-state index contributed by atoms with van der Waals surface area (Å²) >= 11 is 0. The molecule has 1 N–H and O–H groups in total. The van der Waals surface area contributed by atoms with Crippen molar-refractivity contribution < 1.29 is 17.9 Å². The second kappa shape index (κ2) is 7.29. The maximum absolute atomic E-state index is 12.4. The van der Waals surface area contributed by atoms with Gasteiger partial charge in [0, 0.05) is 6.54 Å². The maximum Gasteiger partial charge on any atom is 0.240 e. The topological polar surface area (TPSA) is 64.6 Å². The zero-order chi connectivity index (χ0) is 18.0. The molecule has 0 amide bonds. The maximum atomic E-state index is 12.4. The molecule has 1 saturated carbocycles. The standard InChI is InChI=1S/C20H23NO4S/c22-26(23,17-4-2-1-3-5-17)21-11-10-18(15-6-7-15)16-8-9-19-20(14-16)25-13-12-24-19/h1-5,8-9,14-15,18,21H,6-7,10-13H2. The van der Waals surface area contributed by atoms with Gasteiger partial charge in [-0.3, -0.25) is 0 Å². The fourth-order valence-corrected chi connectivity index (χ4v) is 4.56. The second-order valence-electron chi connectivity index (χ2n) is 6.85. The summed E-state index contributed by atoms with van der Waals surface area (Å²) in [5.41, 5.74) is 1.20. The van der Waals surface area contributed by atoms with E-state index < -0.39 is 10.0 Å². The summed E-state index contributed by atoms with van der Waals surface area (Å²) in [7, 11) is -3.45. The Labute approximate surface area is 154 Å². The molecular weight excluding hydrogens is 350 g/mol. The van der Waals surface area contributed by atoms with Crippen LogP contribution in [0.2, 0.25) is 0 Å². The molecule has 138 valence electrons. The largest absolute Gasteiger partial charge is 0.486 e. The average molecular weight is 373 g/mol. The summed E-state index contributed by atoms with van der Waals surface area (Å²) in [4.78, 5) is 0.308. The molecule has 0 spiro atoms. The van der Waals surface area contributed by atoms with E-state index in [2.05, 4.69) is 16.9 Å². The molecule has 0 bridgehead atoms. The van der Waals surface area contributed by atoms with Crippen molar-refractivity contribution in [1.29, 1.82) is 0 Å². The molecule has 1 fully saturated rings. The van der Waals surface area contributed by atoms with Gasteiger partial charge >= 0.3 is 0 Å². The first-order valence-electron chi connectivity index (χ1n) is 9.08. The molecular formula is C20H23NO4S. The summed E-state index contributed by atoms with van der Waals surface area (Å²) in [6.45, 7) is 1.58. The number of ether oxygens (including phenoxy) is 2. The van der Waals surface area contributed by atoms with Crippen LogP contribution in [0, 0.1) is 5.92 Å². The Morgan fingerprint density at radius 1 is 1.00 bits per heavy atom. The number of benzene rings is 2. The Morgan fingerprint density at radius 2 is 1.73 bits per heavy atom. The van der Waals surface area contributed by atoms with Crippen molar-refractivity contribution in [2.24, 2.45) is 5.92 Å². The zero-order valence-electron chi connectivity index (χ0n) is 14.6. The smallest absolute Gasteiger partial charge is 0.240 e. The summed E-state index contributed by atoms with van der Waals surface area (Å²) in [5.74, 6) is 2.55. The van der Waals surface area contributed by atoms with Crippen LogP contribution < -0.4 is 14.2 Å². The molecule has 2 aromatic carbocycles. The number of rotatable bonds is 7. The van der Waals surface area contributed by atoms with Crippen molar-refractivity contribution in [3.05, 3.63) is 54.1 Å². The van der Waals surface area contributed by atoms with Crippen LogP contribution >= 0.6 is 0 Å². The number of fused-ring (bicyclic) bond motifs is 1. The van der Waals surface area contributed by atoms with E-state index in [-0.39, 0.29) is 0 Å². The van der Waals surface area contributed by atoms with Crippen LogP contribution in [0.3, 0.4) is 0 Å². The van der Waals surface area contributed by atoms with Crippen LogP contribution in [-0.2, 0) is 10.0 Å². The highest BCUT2D eigenvalue weighted by atomic mass is 32.2. The fourth-order valence-electron chi connectivity index (χ4n) is 3.50. The summed E-state index contributed by atoms with van der Waals surface area (Å²) in [5, 5.41) is 0. The number of nitrogens with one attached hydrogen (secondary N) is 1. The molecule has 5 nitrogen and oxygen atoms in total. The lowest BCUT2D eigenvalue weighted by molar-refractivity contribution is 0.171. The Kier molecular flexibility index (Phi) is 4.87. The van der Waals surface area contributed by atoms with E-state index >= 15 is 0 Å². The molecule has 1 heterocycles. The first kappa shape index (κ1) is 17.4. The highest BCUT2D eigenvalue weighted by molar-refractivity contribution is 7.89. The van der Waals surface area contributed by atoms with Gasteiger partial charge in [0.15, 0.2) is 11.5 Å². The van der Waals surface area contributed by atoms with E-state index in [0.717, 1.165) is 17.9 Å². The minimum Gasteiger partial charge on any atom is -0.486 e. The lowest BCUT2D eigenvalue weighted by Crippen LogP contribution is -2.26. The van der Waals surface area contributed by atoms with Crippen LogP contribution in [0.25, 0.3) is 0 Å². The molecule has 0 radical (unpaired) electrons. The van der Waals surface area contributed by atoms with Crippen molar-refractivity contribution in [2.45, 2.75) is 30.1 Å². The third-order valence-electron chi connectivity index (χ3n) is 4.99. The molecule has 2 aromatic rings. The van der Waals surface area contributed by atoms with Gasteiger partial charge in [-0.1, -0.05) is 24.3 Å². The SMILES string of the molecule is O=S(=O)(NCCC(c1ccc2c(c1)OCCO2)C1CC1)c1ccccc1. The summed E-state index contributed by atoms with van der Waals surface area (Å²) < 4.78 is 38.8. The lowest BCUT2D eigenvalue weighted by Gasteiger charge is -2.22. The van der Waals surface area contributed by atoms with Crippen LogP contribution in [0.5, 0.6) is 11.5 Å². The molecule has 6 heteroatoms. The van der Waals surface area contributed by atoms with Gasteiger partial charge in [-0.05, 0) is 60.9 Å². The van der Waals surface area contributed by atoms with E-state index in [1.807, 2.05) is 12.1 Å². The fraction of sp³-hybridized carbons (Fsp3) is 0.400. The van der Waals surface area contributed by atoms with Gasteiger partial charge in [-0.15, -0.1) is 0 Å². The van der Waals surface area contributed by atoms with E-state index in [1.54, 1.807) is 24.3 Å². The first-order valence-corrected chi connectivity index (χ1v) is 10.6. The molecule has 1 atom stereocenters. The van der Waals surface area contributed by atoms with Crippen LogP contribution in [0.4, 0.5) is 0 Å². The van der Waals surface area contributed by atoms with E-state index in [0.29, 0.717) is 36.5 Å². The highest BCUT2D eigenvalue weighted by Gasteiger charge is 2.33. The molecule has 4 rings (SSSR count). The summed E-state index contributed by atoms with van der Waals surface area (Å²) in [6.07, 6.45) is 3.17. The van der Waals surface area contributed by atoms with E-state index in [9.17, 15) is 8.42 Å². The average Bonchev–Trinajstić information content (AvgIpc) is 3.51. The van der Waals surface area contributed by atoms with E-state index in [1.165, 1.54) is 18.4 Å². The van der Waals surface area contributed by atoms with E-state index in [4.69, 9.17) is 9.47 Å². The quantitative estimate of drug-likeness (QED) is 0.809. The number of hydrogen-bond acceptors (Lipinski definition) is 4. The van der Waals surface area contributed by atoms with Gasteiger partial charge < -0.3 is 9.47 Å². The first-order chi connectivity index (χ1) is 12.6. The normalized spacial score (nSPS) is 17.7. The predicted molar refractivity (Wildman–Crippen MR) is 99.1 cm³/mol.